The Labute approximate surface area is 97.0 Å². The van der Waals surface area contributed by atoms with Gasteiger partial charge in [0.2, 0.25) is 0 Å². The standard InChI is InChI=1S/C12H12BrNO/c1-7-11(8(2)15)9-5-4-6-10(13)12(9)14(7)3/h4-6H,1-3H3. The Morgan fingerprint density at radius 2 is 2.07 bits per heavy atom. The third kappa shape index (κ3) is 1.42. The lowest BCUT2D eigenvalue weighted by atomic mass is 10.1. The van der Waals surface area contributed by atoms with Crippen LogP contribution in [0.2, 0.25) is 0 Å². The van der Waals surface area contributed by atoms with Gasteiger partial charge in [-0.25, -0.2) is 0 Å². The zero-order valence-corrected chi connectivity index (χ0v) is 10.6. The van der Waals surface area contributed by atoms with Crippen molar-refractivity contribution < 1.29 is 4.79 Å². The van der Waals surface area contributed by atoms with E-state index in [2.05, 4.69) is 20.5 Å². The van der Waals surface area contributed by atoms with Crippen LogP contribution in [0.15, 0.2) is 22.7 Å². The lowest BCUT2D eigenvalue weighted by molar-refractivity contribution is 0.101. The number of rotatable bonds is 1. The van der Waals surface area contributed by atoms with Gasteiger partial charge in [0, 0.05) is 28.2 Å². The van der Waals surface area contributed by atoms with Crippen LogP contribution in [-0.2, 0) is 7.05 Å². The highest BCUT2D eigenvalue weighted by molar-refractivity contribution is 9.10. The molecule has 0 aliphatic carbocycles. The Morgan fingerprint density at radius 1 is 1.40 bits per heavy atom. The molecule has 2 aromatic rings. The van der Waals surface area contributed by atoms with E-state index in [0.717, 1.165) is 26.6 Å². The van der Waals surface area contributed by atoms with E-state index in [9.17, 15) is 4.79 Å². The predicted molar refractivity (Wildman–Crippen MR) is 65.4 cm³/mol. The molecule has 0 bridgehead atoms. The summed E-state index contributed by atoms with van der Waals surface area (Å²) < 4.78 is 3.08. The first-order chi connectivity index (χ1) is 7.04. The summed E-state index contributed by atoms with van der Waals surface area (Å²) in [4.78, 5) is 11.6. The predicted octanol–water partition coefficient (Wildman–Crippen LogP) is 3.45. The number of hydrogen-bond donors (Lipinski definition) is 0. The number of ketones is 1. The molecular formula is C12H12BrNO. The number of fused-ring (bicyclic) bond motifs is 1. The van der Waals surface area contributed by atoms with Gasteiger partial charge < -0.3 is 4.57 Å². The number of nitrogens with zero attached hydrogens (tertiary/aromatic N) is 1. The molecule has 0 aliphatic rings. The molecular weight excluding hydrogens is 254 g/mol. The van der Waals surface area contributed by atoms with E-state index in [0.29, 0.717) is 0 Å². The van der Waals surface area contributed by atoms with Crippen LogP contribution in [0.3, 0.4) is 0 Å². The molecule has 0 aliphatic heterocycles. The fraction of sp³-hybridized carbons (Fsp3) is 0.250. The maximum atomic E-state index is 11.6. The second-order valence-corrected chi connectivity index (χ2v) is 4.57. The number of aromatic nitrogens is 1. The SMILES string of the molecule is CC(=O)c1c(C)n(C)c2c(Br)cccc12. The lowest BCUT2D eigenvalue weighted by Crippen LogP contribution is -1.96. The normalized spacial score (nSPS) is 10.9. The molecule has 0 unspecified atom stereocenters. The van der Waals surface area contributed by atoms with E-state index < -0.39 is 0 Å². The number of benzene rings is 1. The molecule has 15 heavy (non-hydrogen) atoms. The Balaban J connectivity index is 3.00. The third-order valence-corrected chi connectivity index (χ3v) is 3.45. The number of halogens is 1. The quantitative estimate of drug-likeness (QED) is 0.724. The molecule has 0 radical (unpaired) electrons. The molecule has 2 rings (SSSR count). The van der Waals surface area contributed by atoms with Gasteiger partial charge in [-0.2, -0.15) is 0 Å². The summed E-state index contributed by atoms with van der Waals surface area (Å²) in [7, 11) is 1.98. The first kappa shape index (κ1) is 10.4. The summed E-state index contributed by atoms with van der Waals surface area (Å²) in [6.45, 7) is 3.59. The van der Waals surface area contributed by atoms with E-state index in [-0.39, 0.29) is 5.78 Å². The van der Waals surface area contributed by atoms with Gasteiger partial charge >= 0.3 is 0 Å². The maximum Gasteiger partial charge on any atom is 0.162 e. The number of para-hydroxylation sites is 1. The Hall–Kier alpha value is -1.09. The number of aryl methyl sites for hydroxylation is 1. The second kappa shape index (κ2) is 3.49. The zero-order chi connectivity index (χ0) is 11.2. The molecule has 0 saturated heterocycles. The van der Waals surface area contributed by atoms with Crippen molar-refractivity contribution >= 4 is 32.6 Å². The number of hydrogen-bond acceptors (Lipinski definition) is 1. The van der Waals surface area contributed by atoms with Crippen molar-refractivity contribution in [2.45, 2.75) is 13.8 Å². The summed E-state index contributed by atoms with van der Waals surface area (Å²) >= 11 is 3.51. The Morgan fingerprint density at radius 3 is 2.67 bits per heavy atom. The fourth-order valence-electron chi connectivity index (χ4n) is 2.03. The molecule has 1 aromatic heterocycles. The van der Waals surface area contributed by atoms with Crippen molar-refractivity contribution in [2.75, 3.05) is 0 Å². The molecule has 0 saturated carbocycles. The highest BCUT2D eigenvalue weighted by Crippen LogP contribution is 2.30. The van der Waals surface area contributed by atoms with E-state index in [4.69, 9.17) is 0 Å². The van der Waals surface area contributed by atoms with Gasteiger partial charge in [0.25, 0.3) is 0 Å². The van der Waals surface area contributed by atoms with Crippen LogP contribution in [-0.4, -0.2) is 10.4 Å². The minimum Gasteiger partial charge on any atom is -0.346 e. The van der Waals surface area contributed by atoms with Crippen molar-refractivity contribution in [3.63, 3.8) is 0 Å². The highest BCUT2D eigenvalue weighted by Gasteiger charge is 2.16. The van der Waals surface area contributed by atoms with Crippen LogP contribution in [0.5, 0.6) is 0 Å². The highest BCUT2D eigenvalue weighted by atomic mass is 79.9. The van der Waals surface area contributed by atoms with Crippen molar-refractivity contribution in [3.05, 3.63) is 33.9 Å². The molecule has 0 fully saturated rings. The monoisotopic (exact) mass is 265 g/mol. The van der Waals surface area contributed by atoms with Crippen LogP contribution >= 0.6 is 15.9 Å². The number of Topliss-reactive ketones (excluding diaryl/α,β-unsaturated/α-hetero) is 1. The third-order valence-electron chi connectivity index (χ3n) is 2.81. The number of carbonyl (C=O) groups excluding carboxylic acids is 1. The van der Waals surface area contributed by atoms with Gasteiger partial charge in [0.05, 0.1) is 5.52 Å². The minimum absolute atomic E-state index is 0.121. The van der Waals surface area contributed by atoms with Crippen LogP contribution in [0.4, 0.5) is 0 Å². The molecule has 78 valence electrons. The smallest absolute Gasteiger partial charge is 0.162 e. The molecule has 2 nitrogen and oxygen atoms in total. The van der Waals surface area contributed by atoms with E-state index in [1.165, 1.54) is 0 Å². The van der Waals surface area contributed by atoms with Crippen LogP contribution < -0.4 is 0 Å². The van der Waals surface area contributed by atoms with Crippen LogP contribution in [0, 0.1) is 6.92 Å². The average molecular weight is 266 g/mol. The summed E-state index contributed by atoms with van der Waals surface area (Å²) in [5.41, 5.74) is 2.93. The average Bonchev–Trinajstić information content (AvgIpc) is 2.41. The fourth-order valence-corrected chi connectivity index (χ4v) is 2.66. The molecule has 0 N–H and O–H groups in total. The van der Waals surface area contributed by atoms with Crippen molar-refractivity contribution in [1.29, 1.82) is 0 Å². The first-order valence-corrected chi connectivity index (χ1v) is 5.57. The van der Waals surface area contributed by atoms with Gasteiger partial charge in [0.1, 0.15) is 0 Å². The zero-order valence-electron chi connectivity index (χ0n) is 8.97. The summed E-state index contributed by atoms with van der Waals surface area (Å²) in [6.07, 6.45) is 0. The molecule has 1 heterocycles. The minimum atomic E-state index is 0.121. The summed E-state index contributed by atoms with van der Waals surface area (Å²) in [5.74, 6) is 0.121. The molecule has 0 atom stereocenters. The number of carbonyl (C=O) groups is 1. The summed E-state index contributed by atoms with van der Waals surface area (Å²) in [6, 6.07) is 5.94. The van der Waals surface area contributed by atoms with Crippen molar-refractivity contribution in [2.24, 2.45) is 7.05 Å². The molecule has 0 amide bonds. The molecule has 0 spiro atoms. The van der Waals surface area contributed by atoms with Crippen LogP contribution in [0.25, 0.3) is 10.9 Å². The van der Waals surface area contributed by atoms with E-state index in [1.807, 2.05) is 32.2 Å². The molecule has 1 aromatic carbocycles. The topological polar surface area (TPSA) is 22.0 Å². The van der Waals surface area contributed by atoms with Gasteiger partial charge in [-0.1, -0.05) is 12.1 Å². The van der Waals surface area contributed by atoms with E-state index >= 15 is 0 Å². The maximum absolute atomic E-state index is 11.6. The van der Waals surface area contributed by atoms with Gasteiger partial charge in [-0.05, 0) is 35.8 Å². The van der Waals surface area contributed by atoms with Crippen LogP contribution in [0.1, 0.15) is 23.0 Å². The van der Waals surface area contributed by atoms with E-state index in [1.54, 1.807) is 6.92 Å². The first-order valence-electron chi connectivity index (χ1n) is 4.78. The van der Waals surface area contributed by atoms with Crippen molar-refractivity contribution in [3.8, 4) is 0 Å². The van der Waals surface area contributed by atoms with Crippen molar-refractivity contribution in [1.82, 2.24) is 4.57 Å². The van der Waals surface area contributed by atoms with Gasteiger partial charge in [0.15, 0.2) is 5.78 Å². The van der Waals surface area contributed by atoms with Gasteiger partial charge in [-0.3, -0.25) is 4.79 Å². The Bertz CT molecular complexity index is 554. The molecule has 3 heteroatoms. The summed E-state index contributed by atoms with van der Waals surface area (Å²) in [5, 5.41) is 1.02. The largest absolute Gasteiger partial charge is 0.346 e. The Kier molecular flexibility index (Phi) is 2.43. The lowest BCUT2D eigenvalue weighted by Gasteiger charge is -2.00. The second-order valence-electron chi connectivity index (χ2n) is 3.71. The van der Waals surface area contributed by atoms with Gasteiger partial charge in [-0.15, -0.1) is 0 Å².